The zero-order chi connectivity index (χ0) is 22.7. The molecule has 0 unspecified atom stereocenters. The summed E-state index contributed by atoms with van der Waals surface area (Å²) >= 11 is 0. The Morgan fingerprint density at radius 2 is 2.00 bits per heavy atom. The minimum atomic E-state index is -0.0522. The maximum atomic E-state index is 13.5. The first-order valence-corrected chi connectivity index (χ1v) is 11.2. The molecule has 3 aromatic heterocycles. The Bertz CT molecular complexity index is 1080. The molecule has 9 nitrogen and oxygen atoms in total. The van der Waals surface area contributed by atoms with Gasteiger partial charge in [0, 0.05) is 38.8 Å². The number of furan rings is 1. The molecule has 0 atom stereocenters. The van der Waals surface area contributed by atoms with Crippen LogP contribution in [0.2, 0.25) is 0 Å². The van der Waals surface area contributed by atoms with Crippen LogP contribution in [0.25, 0.3) is 22.5 Å². The SMILES string of the molecule is CCCNC(=O)CN1CCN(C(=O)c2cc(-c3ccco3)nc3c2cnn3C(C)C)CC1. The van der Waals surface area contributed by atoms with E-state index in [-0.39, 0.29) is 17.9 Å². The number of nitrogens with one attached hydrogen (secondary N) is 1. The molecule has 1 fully saturated rings. The summed E-state index contributed by atoms with van der Waals surface area (Å²) in [5.41, 5.74) is 1.85. The molecule has 1 saturated heterocycles. The van der Waals surface area contributed by atoms with E-state index < -0.39 is 0 Å². The lowest BCUT2D eigenvalue weighted by atomic mass is 10.1. The van der Waals surface area contributed by atoms with Crippen LogP contribution >= 0.6 is 0 Å². The molecule has 1 aliphatic heterocycles. The average molecular weight is 439 g/mol. The van der Waals surface area contributed by atoms with Gasteiger partial charge in [-0.1, -0.05) is 6.92 Å². The van der Waals surface area contributed by atoms with Crippen LogP contribution in [0, 0.1) is 0 Å². The van der Waals surface area contributed by atoms with E-state index in [4.69, 9.17) is 9.40 Å². The molecule has 1 N–H and O–H groups in total. The molecule has 170 valence electrons. The van der Waals surface area contributed by atoms with Gasteiger partial charge in [0.05, 0.1) is 30.0 Å². The van der Waals surface area contributed by atoms with Gasteiger partial charge < -0.3 is 14.6 Å². The van der Waals surface area contributed by atoms with E-state index in [1.54, 1.807) is 24.6 Å². The lowest BCUT2D eigenvalue weighted by Crippen LogP contribution is -2.51. The van der Waals surface area contributed by atoms with Crippen LogP contribution in [-0.4, -0.2) is 75.6 Å². The molecule has 0 aliphatic carbocycles. The summed E-state index contributed by atoms with van der Waals surface area (Å²) < 4.78 is 7.37. The van der Waals surface area contributed by atoms with Crippen molar-refractivity contribution in [2.75, 3.05) is 39.3 Å². The topological polar surface area (TPSA) is 96.5 Å². The first kappa shape index (κ1) is 22.0. The van der Waals surface area contributed by atoms with E-state index in [9.17, 15) is 9.59 Å². The van der Waals surface area contributed by atoms with Gasteiger partial charge in [-0.15, -0.1) is 0 Å². The lowest BCUT2D eigenvalue weighted by Gasteiger charge is -2.34. The molecular weight excluding hydrogens is 408 g/mol. The van der Waals surface area contributed by atoms with Crippen LogP contribution in [0.5, 0.6) is 0 Å². The summed E-state index contributed by atoms with van der Waals surface area (Å²) in [6.07, 6.45) is 4.23. The van der Waals surface area contributed by atoms with Gasteiger partial charge >= 0.3 is 0 Å². The first-order valence-electron chi connectivity index (χ1n) is 11.2. The van der Waals surface area contributed by atoms with Crippen LogP contribution < -0.4 is 5.32 Å². The second-order valence-electron chi connectivity index (χ2n) is 8.37. The predicted octanol–water partition coefficient (Wildman–Crippen LogP) is 2.56. The number of piperazine rings is 1. The Hall–Kier alpha value is -3.20. The van der Waals surface area contributed by atoms with Crippen molar-refractivity contribution in [2.45, 2.75) is 33.2 Å². The van der Waals surface area contributed by atoms with Gasteiger partial charge in [0.25, 0.3) is 5.91 Å². The Balaban J connectivity index is 1.55. The van der Waals surface area contributed by atoms with Gasteiger partial charge in [0.2, 0.25) is 5.91 Å². The summed E-state index contributed by atoms with van der Waals surface area (Å²) in [4.78, 5) is 34.2. The minimum Gasteiger partial charge on any atom is -0.463 e. The van der Waals surface area contributed by atoms with Crippen molar-refractivity contribution >= 4 is 22.8 Å². The maximum absolute atomic E-state index is 13.5. The number of rotatable bonds is 7. The van der Waals surface area contributed by atoms with Crippen molar-refractivity contribution in [3.05, 3.63) is 36.2 Å². The Labute approximate surface area is 187 Å². The number of pyridine rings is 1. The summed E-state index contributed by atoms with van der Waals surface area (Å²) in [5.74, 6) is 0.593. The second-order valence-corrected chi connectivity index (χ2v) is 8.37. The Kier molecular flexibility index (Phi) is 6.55. The Morgan fingerprint density at radius 1 is 1.22 bits per heavy atom. The van der Waals surface area contributed by atoms with Crippen molar-refractivity contribution in [3.8, 4) is 11.5 Å². The molecule has 1 aliphatic rings. The van der Waals surface area contributed by atoms with Crippen molar-refractivity contribution in [3.63, 3.8) is 0 Å². The average Bonchev–Trinajstić information content (AvgIpc) is 3.47. The van der Waals surface area contributed by atoms with Crippen molar-refractivity contribution in [1.29, 1.82) is 0 Å². The van der Waals surface area contributed by atoms with Crippen molar-refractivity contribution in [1.82, 2.24) is 29.9 Å². The van der Waals surface area contributed by atoms with E-state index >= 15 is 0 Å². The zero-order valence-electron chi connectivity index (χ0n) is 18.9. The number of hydrogen-bond donors (Lipinski definition) is 1. The van der Waals surface area contributed by atoms with Crippen LogP contribution in [-0.2, 0) is 4.79 Å². The highest BCUT2D eigenvalue weighted by Crippen LogP contribution is 2.27. The monoisotopic (exact) mass is 438 g/mol. The van der Waals surface area contributed by atoms with Gasteiger partial charge in [-0.05, 0) is 38.5 Å². The van der Waals surface area contributed by atoms with Gasteiger partial charge in [-0.3, -0.25) is 14.5 Å². The number of carbonyl (C=O) groups is 2. The normalized spacial score (nSPS) is 14.9. The fraction of sp³-hybridized carbons (Fsp3) is 0.478. The largest absolute Gasteiger partial charge is 0.463 e. The van der Waals surface area contributed by atoms with Crippen molar-refractivity contribution in [2.24, 2.45) is 0 Å². The number of carbonyl (C=O) groups excluding carboxylic acids is 2. The molecule has 9 heteroatoms. The summed E-state index contributed by atoms with van der Waals surface area (Å²) in [6.45, 7) is 9.61. The van der Waals surface area contributed by atoms with Gasteiger partial charge in [0.1, 0.15) is 5.69 Å². The van der Waals surface area contributed by atoms with Crippen molar-refractivity contribution < 1.29 is 14.0 Å². The zero-order valence-corrected chi connectivity index (χ0v) is 18.9. The second kappa shape index (κ2) is 9.52. The molecule has 0 spiro atoms. The number of aromatic nitrogens is 3. The van der Waals surface area contributed by atoms with E-state index in [2.05, 4.69) is 15.3 Å². The van der Waals surface area contributed by atoms with Gasteiger partial charge in [-0.2, -0.15) is 5.10 Å². The van der Waals surface area contributed by atoms with E-state index in [0.717, 1.165) is 11.8 Å². The highest BCUT2D eigenvalue weighted by molar-refractivity contribution is 6.06. The third-order valence-electron chi connectivity index (χ3n) is 5.66. The molecule has 0 radical (unpaired) electrons. The molecule has 2 amide bonds. The van der Waals surface area contributed by atoms with Gasteiger partial charge in [-0.25, -0.2) is 9.67 Å². The smallest absolute Gasteiger partial charge is 0.254 e. The molecule has 0 bridgehead atoms. The third-order valence-corrected chi connectivity index (χ3v) is 5.66. The highest BCUT2D eigenvalue weighted by Gasteiger charge is 2.26. The summed E-state index contributed by atoms with van der Waals surface area (Å²) in [5, 5.41) is 8.12. The third kappa shape index (κ3) is 4.52. The summed E-state index contributed by atoms with van der Waals surface area (Å²) in [7, 11) is 0. The Morgan fingerprint density at radius 3 is 2.66 bits per heavy atom. The minimum absolute atomic E-state index is 0.0339. The first-order chi connectivity index (χ1) is 15.5. The lowest BCUT2D eigenvalue weighted by molar-refractivity contribution is -0.122. The highest BCUT2D eigenvalue weighted by atomic mass is 16.3. The van der Waals surface area contributed by atoms with E-state index in [0.29, 0.717) is 61.9 Å². The fourth-order valence-corrected chi connectivity index (χ4v) is 3.93. The fourth-order valence-electron chi connectivity index (χ4n) is 3.93. The standard InChI is InChI=1S/C23H30N6O3/c1-4-7-24-21(30)15-27-8-10-28(11-9-27)23(31)17-13-19(20-6-5-12-32-20)26-22-18(17)14-25-29(22)16(2)3/h5-6,12-14,16H,4,7-11,15H2,1-3H3,(H,24,30). The van der Waals surface area contributed by atoms with E-state index in [1.165, 1.54) is 0 Å². The van der Waals surface area contributed by atoms with Crippen LogP contribution in [0.1, 0.15) is 43.6 Å². The van der Waals surface area contributed by atoms with Crippen LogP contribution in [0.15, 0.2) is 35.1 Å². The number of hydrogen-bond acceptors (Lipinski definition) is 6. The number of nitrogens with zero attached hydrogens (tertiary/aromatic N) is 5. The predicted molar refractivity (Wildman–Crippen MR) is 121 cm³/mol. The quantitative estimate of drug-likeness (QED) is 0.609. The molecule has 4 rings (SSSR count). The number of fused-ring (bicyclic) bond motifs is 1. The summed E-state index contributed by atoms with van der Waals surface area (Å²) in [6, 6.07) is 5.54. The van der Waals surface area contributed by atoms with Crippen LogP contribution in [0.3, 0.4) is 0 Å². The van der Waals surface area contributed by atoms with Crippen LogP contribution in [0.4, 0.5) is 0 Å². The molecule has 32 heavy (non-hydrogen) atoms. The van der Waals surface area contributed by atoms with E-state index in [1.807, 2.05) is 36.4 Å². The van der Waals surface area contributed by atoms with Gasteiger partial charge in [0.15, 0.2) is 11.4 Å². The molecule has 4 heterocycles. The maximum Gasteiger partial charge on any atom is 0.254 e. The molecule has 3 aromatic rings. The molecule has 0 saturated carbocycles. The molecule has 0 aromatic carbocycles. The molecular formula is C23H30N6O3. The number of amides is 2.